The van der Waals surface area contributed by atoms with Crippen LogP contribution >= 0.6 is 0 Å². The minimum atomic E-state index is -1.82. The first-order chi connectivity index (χ1) is 14.5. The highest BCUT2D eigenvalue weighted by Crippen LogP contribution is 2.36. The number of hydrogen-bond acceptors (Lipinski definition) is 5. The second-order valence-electron chi connectivity index (χ2n) is 7.64. The summed E-state index contributed by atoms with van der Waals surface area (Å²) >= 11 is 0. The van der Waals surface area contributed by atoms with Crippen LogP contribution in [0.25, 0.3) is 0 Å². The van der Waals surface area contributed by atoms with E-state index >= 15 is 0 Å². The molecule has 1 aliphatic heterocycles. The van der Waals surface area contributed by atoms with Gasteiger partial charge in [0.1, 0.15) is 0 Å². The number of rotatable bonds is 6. The Bertz CT molecular complexity index is 657. The van der Waals surface area contributed by atoms with Gasteiger partial charge in [0.15, 0.2) is 0 Å². The van der Waals surface area contributed by atoms with Crippen molar-refractivity contribution in [3.8, 4) is 0 Å². The fourth-order valence-electron chi connectivity index (χ4n) is 4.04. The highest BCUT2D eigenvalue weighted by molar-refractivity contribution is 6.27. The Kier molecular flexibility index (Phi) is 10.3. The van der Waals surface area contributed by atoms with Crippen molar-refractivity contribution in [1.82, 2.24) is 10.2 Å². The summed E-state index contributed by atoms with van der Waals surface area (Å²) in [4.78, 5) is 33.5. The number of carbonyl (C=O) groups is 3. The van der Waals surface area contributed by atoms with Gasteiger partial charge in [-0.1, -0.05) is 49.6 Å². The van der Waals surface area contributed by atoms with E-state index in [1.54, 1.807) is 0 Å². The number of carbonyl (C=O) groups excluding carboxylic acids is 1. The zero-order valence-corrected chi connectivity index (χ0v) is 17.3. The third kappa shape index (κ3) is 8.12. The second-order valence-corrected chi connectivity index (χ2v) is 7.64. The summed E-state index contributed by atoms with van der Waals surface area (Å²) < 4.78 is 5.37. The van der Waals surface area contributed by atoms with Crippen molar-refractivity contribution in [2.75, 3.05) is 39.4 Å². The van der Waals surface area contributed by atoms with Gasteiger partial charge in [-0.2, -0.15) is 0 Å². The topological polar surface area (TPSA) is 116 Å². The predicted molar refractivity (Wildman–Crippen MR) is 111 cm³/mol. The van der Waals surface area contributed by atoms with E-state index in [0.717, 1.165) is 39.4 Å². The van der Waals surface area contributed by atoms with Crippen molar-refractivity contribution in [1.29, 1.82) is 0 Å². The van der Waals surface area contributed by atoms with Crippen LogP contribution in [0.1, 0.15) is 43.6 Å². The van der Waals surface area contributed by atoms with Gasteiger partial charge in [-0.15, -0.1) is 0 Å². The van der Waals surface area contributed by atoms with Gasteiger partial charge in [0.2, 0.25) is 5.91 Å². The molecule has 0 radical (unpaired) electrons. The first kappa shape index (κ1) is 23.8. The van der Waals surface area contributed by atoms with Crippen LogP contribution in [0.5, 0.6) is 0 Å². The number of benzene rings is 1. The van der Waals surface area contributed by atoms with Gasteiger partial charge >= 0.3 is 11.9 Å². The van der Waals surface area contributed by atoms with Crippen molar-refractivity contribution >= 4 is 17.8 Å². The van der Waals surface area contributed by atoms with Crippen molar-refractivity contribution in [2.45, 2.75) is 38.0 Å². The highest BCUT2D eigenvalue weighted by atomic mass is 16.5. The number of carboxylic acid groups (broad SMARTS) is 2. The Hall–Kier alpha value is -2.45. The van der Waals surface area contributed by atoms with E-state index in [1.165, 1.54) is 37.7 Å². The molecule has 30 heavy (non-hydrogen) atoms. The Morgan fingerprint density at radius 3 is 2.17 bits per heavy atom. The molecule has 1 amide bonds. The van der Waals surface area contributed by atoms with Crippen LogP contribution < -0.4 is 5.32 Å². The molecule has 1 heterocycles. The molecule has 8 heteroatoms. The molecule has 2 fully saturated rings. The van der Waals surface area contributed by atoms with Crippen molar-refractivity contribution in [3.05, 3.63) is 35.9 Å². The summed E-state index contributed by atoms with van der Waals surface area (Å²) in [5.74, 6) is -2.94. The first-order valence-corrected chi connectivity index (χ1v) is 10.6. The molecule has 1 aliphatic carbocycles. The SMILES string of the molecule is O=C(NCCN1CCOCC1)C(c1ccccc1)C1CCCCC1.O=C(O)C(=O)O. The summed E-state index contributed by atoms with van der Waals surface area (Å²) in [6.07, 6.45) is 6.19. The minimum absolute atomic E-state index is 0.0104. The quantitative estimate of drug-likeness (QED) is 0.602. The predicted octanol–water partition coefficient (Wildman–Crippen LogP) is 1.95. The van der Waals surface area contributed by atoms with Crippen LogP contribution in [0.15, 0.2) is 30.3 Å². The lowest BCUT2D eigenvalue weighted by atomic mass is 9.76. The first-order valence-electron chi connectivity index (χ1n) is 10.6. The molecule has 0 aromatic heterocycles. The molecule has 0 spiro atoms. The number of aliphatic carboxylic acids is 2. The Morgan fingerprint density at radius 1 is 1.00 bits per heavy atom. The average Bonchev–Trinajstić information content (AvgIpc) is 2.76. The summed E-state index contributed by atoms with van der Waals surface area (Å²) in [5.41, 5.74) is 1.17. The van der Waals surface area contributed by atoms with Gasteiger partial charge in [-0.05, 0) is 24.3 Å². The normalized spacial score (nSPS) is 18.5. The molecule has 8 nitrogen and oxygen atoms in total. The molecule has 1 saturated carbocycles. The summed E-state index contributed by atoms with van der Waals surface area (Å²) in [7, 11) is 0. The van der Waals surface area contributed by atoms with Crippen LogP contribution in [-0.2, 0) is 19.1 Å². The molecule has 3 rings (SSSR count). The third-order valence-electron chi connectivity index (χ3n) is 5.58. The van der Waals surface area contributed by atoms with E-state index in [0.29, 0.717) is 5.92 Å². The summed E-state index contributed by atoms with van der Waals surface area (Å²) in [6, 6.07) is 10.3. The Morgan fingerprint density at radius 2 is 1.60 bits per heavy atom. The van der Waals surface area contributed by atoms with Gasteiger partial charge in [-0.25, -0.2) is 9.59 Å². The molecule has 1 saturated heterocycles. The molecule has 0 bridgehead atoms. The zero-order chi connectivity index (χ0) is 21.8. The monoisotopic (exact) mass is 420 g/mol. The number of hydrogen-bond donors (Lipinski definition) is 3. The molecule has 1 aromatic carbocycles. The number of nitrogens with zero attached hydrogens (tertiary/aromatic N) is 1. The molecular weight excluding hydrogens is 388 g/mol. The van der Waals surface area contributed by atoms with Gasteiger partial charge in [-0.3, -0.25) is 9.69 Å². The molecule has 1 atom stereocenters. The summed E-state index contributed by atoms with van der Waals surface area (Å²) in [5, 5.41) is 18.0. The fourth-order valence-corrected chi connectivity index (χ4v) is 4.04. The highest BCUT2D eigenvalue weighted by Gasteiger charge is 2.30. The second kappa shape index (κ2) is 13.0. The van der Waals surface area contributed by atoms with Crippen molar-refractivity contribution in [2.24, 2.45) is 5.92 Å². The van der Waals surface area contributed by atoms with E-state index in [9.17, 15) is 4.79 Å². The van der Waals surface area contributed by atoms with Crippen LogP contribution in [-0.4, -0.2) is 72.4 Å². The van der Waals surface area contributed by atoms with E-state index in [-0.39, 0.29) is 11.8 Å². The van der Waals surface area contributed by atoms with Gasteiger partial charge in [0.05, 0.1) is 19.1 Å². The maximum absolute atomic E-state index is 12.9. The molecule has 3 N–H and O–H groups in total. The lowest BCUT2D eigenvalue weighted by Gasteiger charge is -2.30. The number of nitrogens with one attached hydrogen (secondary N) is 1. The lowest BCUT2D eigenvalue weighted by molar-refractivity contribution is -0.159. The van der Waals surface area contributed by atoms with Gasteiger partial charge in [0, 0.05) is 26.2 Å². The van der Waals surface area contributed by atoms with Gasteiger partial charge < -0.3 is 20.3 Å². The molecule has 1 aromatic rings. The lowest BCUT2D eigenvalue weighted by Crippen LogP contribution is -2.43. The molecule has 2 aliphatic rings. The molecule has 166 valence electrons. The van der Waals surface area contributed by atoms with Crippen molar-refractivity contribution < 1.29 is 29.3 Å². The smallest absolute Gasteiger partial charge is 0.414 e. The van der Waals surface area contributed by atoms with Gasteiger partial charge in [0.25, 0.3) is 0 Å². The van der Waals surface area contributed by atoms with Crippen LogP contribution in [0.4, 0.5) is 0 Å². The third-order valence-corrected chi connectivity index (χ3v) is 5.58. The van der Waals surface area contributed by atoms with Crippen LogP contribution in [0.2, 0.25) is 0 Å². The number of ether oxygens (including phenoxy) is 1. The number of carboxylic acids is 2. The maximum Gasteiger partial charge on any atom is 0.414 e. The molecule has 1 unspecified atom stereocenters. The Balaban J connectivity index is 0.000000469. The van der Waals surface area contributed by atoms with E-state index in [4.69, 9.17) is 24.5 Å². The minimum Gasteiger partial charge on any atom is -0.473 e. The van der Waals surface area contributed by atoms with Crippen LogP contribution in [0.3, 0.4) is 0 Å². The van der Waals surface area contributed by atoms with E-state index in [1.807, 2.05) is 18.2 Å². The van der Waals surface area contributed by atoms with Crippen molar-refractivity contribution in [3.63, 3.8) is 0 Å². The fraction of sp³-hybridized carbons (Fsp3) is 0.591. The van der Waals surface area contributed by atoms with E-state index < -0.39 is 11.9 Å². The number of amides is 1. The Labute approximate surface area is 177 Å². The molecular formula is C22H32N2O6. The largest absolute Gasteiger partial charge is 0.473 e. The standard InChI is InChI=1S/C20H30N2O2.C2H2O4/c23-20(21-11-12-22-13-15-24-16-14-22)19(17-7-3-1-4-8-17)18-9-5-2-6-10-18;3-1(4)2(5)6/h1,3-4,7-8,18-19H,2,5-6,9-16H2,(H,21,23);(H,3,4)(H,5,6). The number of morpholine rings is 1. The maximum atomic E-state index is 12.9. The summed E-state index contributed by atoms with van der Waals surface area (Å²) in [6.45, 7) is 5.21. The average molecular weight is 421 g/mol. The zero-order valence-electron chi connectivity index (χ0n) is 17.3. The van der Waals surface area contributed by atoms with Crippen LogP contribution in [0, 0.1) is 5.92 Å². The van der Waals surface area contributed by atoms with E-state index in [2.05, 4.69) is 22.3 Å².